The van der Waals surface area contributed by atoms with Crippen LogP contribution in [0, 0.1) is 0 Å². The van der Waals surface area contributed by atoms with Crippen LogP contribution < -0.4 is 0 Å². The fourth-order valence-electron chi connectivity index (χ4n) is 5.20. The number of carbonyl (C=O) groups is 2. The van der Waals surface area contributed by atoms with Crippen molar-refractivity contribution < 1.29 is 19.4 Å². The van der Waals surface area contributed by atoms with Crippen LogP contribution in [-0.2, 0) is 14.3 Å². The van der Waals surface area contributed by atoms with Gasteiger partial charge in [0.1, 0.15) is 6.10 Å². The highest BCUT2D eigenvalue weighted by molar-refractivity contribution is 5.69. The van der Waals surface area contributed by atoms with Crippen molar-refractivity contribution in [1.29, 1.82) is 0 Å². The average molecular weight is 577 g/mol. The highest BCUT2D eigenvalue weighted by Gasteiger charge is 2.11. The first kappa shape index (κ1) is 39.4. The highest BCUT2D eigenvalue weighted by Crippen LogP contribution is 2.16. The van der Waals surface area contributed by atoms with Gasteiger partial charge in [-0.1, -0.05) is 135 Å². The monoisotopic (exact) mass is 577 g/mol. The molecule has 0 bridgehead atoms. The molecule has 0 fully saturated rings. The molecule has 41 heavy (non-hydrogen) atoms. The largest absolute Gasteiger partial charge is 0.481 e. The maximum absolute atomic E-state index is 12.6. The number of carboxylic acids is 1. The summed E-state index contributed by atoms with van der Waals surface area (Å²) in [7, 11) is 0. The Balaban J connectivity index is 4.08. The lowest BCUT2D eigenvalue weighted by Crippen LogP contribution is -2.16. The van der Waals surface area contributed by atoms with Crippen molar-refractivity contribution in [1.82, 2.24) is 0 Å². The molecule has 0 aromatic heterocycles. The van der Waals surface area contributed by atoms with E-state index in [-0.39, 0.29) is 18.5 Å². The third-order valence-corrected chi connectivity index (χ3v) is 7.88. The molecule has 1 unspecified atom stereocenters. The van der Waals surface area contributed by atoms with E-state index >= 15 is 0 Å². The molecule has 0 aliphatic carbocycles. The molecule has 0 saturated carbocycles. The van der Waals surface area contributed by atoms with Crippen molar-refractivity contribution in [3.05, 3.63) is 24.3 Å². The van der Waals surface area contributed by atoms with Crippen LogP contribution in [0.15, 0.2) is 24.3 Å². The van der Waals surface area contributed by atoms with Crippen molar-refractivity contribution in [3.63, 3.8) is 0 Å². The smallest absolute Gasteiger partial charge is 0.306 e. The van der Waals surface area contributed by atoms with E-state index in [0.29, 0.717) is 6.42 Å². The fourth-order valence-corrected chi connectivity index (χ4v) is 5.20. The molecule has 1 atom stereocenters. The molecule has 0 aliphatic rings. The van der Waals surface area contributed by atoms with E-state index < -0.39 is 5.97 Å². The van der Waals surface area contributed by atoms with Crippen LogP contribution in [0.25, 0.3) is 0 Å². The summed E-state index contributed by atoms with van der Waals surface area (Å²) in [5.74, 6) is -0.747. The van der Waals surface area contributed by atoms with Gasteiger partial charge in [-0.25, -0.2) is 0 Å². The molecular weight excluding hydrogens is 508 g/mol. The maximum atomic E-state index is 12.6. The standard InChI is InChI=1S/C37H68O4/c1-3-5-7-9-11-13-14-15-16-17-18-20-26-30-34-37(40)41-35(31-27-23-19-12-10-8-6-4-2)32-28-24-21-22-25-29-33-36(38)39/h14-15,27,31,35H,3-13,16-26,28-30,32-34H2,1-2H3,(H,38,39)/b15-14-,31-27-. The van der Waals surface area contributed by atoms with Gasteiger partial charge in [0, 0.05) is 12.8 Å². The third-order valence-electron chi connectivity index (χ3n) is 7.88. The SMILES string of the molecule is CCCCCCC/C=C\CCCCCCCC(=O)OC(/C=C\CCCCCCCC)CCCCCCCCC(=O)O. The Bertz CT molecular complexity index is 624. The number of carbonyl (C=O) groups excluding carboxylic acids is 1. The molecule has 240 valence electrons. The molecule has 0 heterocycles. The zero-order valence-electron chi connectivity index (χ0n) is 27.4. The van der Waals surface area contributed by atoms with Gasteiger partial charge >= 0.3 is 11.9 Å². The topological polar surface area (TPSA) is 63.6 Å². The summed E-state index contributed by atoms with van der Waals surface area (Å²) in [5, 5.41) is 8.75. The van der Waals surface area contributed by atoms with Gasteiger partial charge in [0.05, 0.1) is 0 Å². The summed E-state index contributed by atoms with van der Waals surface area (Å²) in [6, 6.07) is 0. The lowest BCUT2D eigenvalue weighted by Gasteiger charge is -2.15. The quantitative estimate of drug-likeness (QED) is 0.0491. The molecule has 0 aromatic rings. The van der Waals surface area contributed by atoms with Crippen molar-refractivity contribution in [2.75, 3.05) is 0 Å². The number of allylic oxidation sites excluding steroid dienone is 3. The van der Waals surface area contributed by atoms with E-state index in [4.69, 9.17) is 9.84 Å². The number of rotatable bonds is 32. The molecule has 4 heteroatoms. The van der Waals surface area contributed by atoms with Gasteiger partial charge in [-0.05, 0) is 70.3 Å². The second-order valence-electron chi connectivity index (χ2n) is 12.0. The molecule has 4 nitrogen and oxygen atoms in total. The number of ether oxygens (including phenoxy) is 1. The molecule has 0 aliphatic heterocycles. The van der Waals surface area contributed by atoms with Gasteiger partial charge in [-0.2, -0.15) is 0 Å². The fraction of sp³-hybridized carbons (Fsp3) is 0.838. The van der Waals surface area contributed by atoms with Crippen molar-refractivity contribution in [2.24, 2.45) is 0 Å². The predicted molar refractivity (Wildman–Crippen MR) is 176 cm³/mol. The van der Waals surface area contributed by atoms with Crippen LogP contribution in [0.3, 0.4) is 0 Å². The Hall–Kier alpha value is -1.58. The van der Waals surface area contributed by atoms with E-state index in [1.807, 2.05) is 0 Å². The van der Waals surface area contributed by atoms with E-state index in [0.717, 1.165) is 64.2 Å². The zero-order valence-corrected chi connectivity index (χ0v) is 27.4. The molecule has 1 N–H and O–H groups in total. The van der Waals surface area contributed by atoms with Gasteiger partial charge in [0.15, 0.2) is 0 Å². The van der Waals surface area contributed by atoms with Gasteiger partial charge in [0.25, 0.3) is 0 Å². The van der Waals surface area contributed by atoms with Crippen molar-refractivity contribution >= 4 is 11.9 Å². The second-order valence-corrected chi connectivity index (χ2v) is 12.0. The molecule has 0 saturated heterocycles. The third kappa shape index (κ3) is 32.8. The first-order chi connectivity index (χ1) is 20.1. The molecule has 0 spiro atoms. The summed E-state index contributed by atoms with van der Waals surface area (Å²) >= 11 is 0. The van der Waals surface area contributed by atoms with Gasteiger partial charge in [-0.15, -0.1) is 0 Å². The minimum atomic E-state index is -0.700. The minimum absolute atomic E-state index is 0.0465. The Morgan fingerprint density at radius 3 is 1.46 bits per heavy atom. The second kappa shape index (κ2) is 32.9. The van der Waals surface area contributed by atoms with Crippen LogP contribution >= 0.6 is 0 Å². The predicted octanol–water partition coefficient (Wildman–Crippen LogP) is 12.1. The minimum Gasteiger partial charge on any atom is -0.481 e. The number of hydrogen-bond acceptors (Lipinski definition) is 3. The Morgan fingerprint density at radius 1 is 0.537 bits per heavy atom. The molecule has 0 aromatic carbocycles. The Labute approximate surface area is 255 Å². The number of unbranched alkanes of at least 4 members (excludes halogenated alkanes) is 21. The van der Waals surface area contributed by atoms with E-state index in [1.54, 1.807) is 0 Å². The first-order valence-electron chi connectivity index (χ1n) is 17.8. The number of hydrogen-bond donors (Lipinski definition) is 1. The zero-order chi connectivity index (χ0) is 30.1. The van der Waals surface area contributed by atoms with Crippen LogP contribution in [0.4, 0.5) is 0 Å². The van der Waals surface area contributed by atoms with Crippen molar-refractivity contribution in [3.8, 4) is 0 Å². The molecule has 0 rings (SSSR count). The van der Waals surface area contributed by atoms with Gasteiger partial charge in [-0.3, -0.25) is 9.59 Å². The molecule has 0 amide bonds. The molecular formula is C37H68O4. The maximum Gasteiger partial charge on any atom is 0.306 e. The molecule has 0 radical (unpaired) electrons. The summed E-state index contributed by atoms with van der Waals surface area (Å²) in [6.45, 7) is 4.51. The Kier molecular flexibility index (Phi) is 31.7. The van der Waals surface area contributed by atoms with E-state index in [1.165, 1.54) is 103 Å². The summed E-state index contributed by atoms with van der Waals surface area (Å²) in [6.07, 6.45) is 40.6. The lowest BCUT2D eigenvalue weighted by molar-refractivity contribution is -0.147. The number of carboxylic acid groups (broad SMARTS) is 1. The average Bonchev–Trinajstić information content (AvgIpc) is 2.95. The van der Waals surface area contributed by atoms with Gasteiger partial charge < -0.3 is 9.84 Å². The summed E-state index contributed by atoms with van der Waals surface area (Å²) in [4.78, 5) is 23.2. The lowest BCUT2D eigenvalue weighted by atomic mass is 10.0. The normalized spacial score (nSPS) is 12.4. The number of aliphatic carboxylic acids is 1. The van der Waals surface area contributed by atoms with E-state index in [2.05, 4.69) is 38.2 Å². The summed E-state index contributed by atoms with van der Waals surface area (Å²) < 4.78 is 5.89. The van der Waals surface area contributed by atoms with Crippen LogP contribution in [-0.4, -0.2) is 23.1 Å². The van der Waals surface area contributed by atoms with Gasteiger partial charge in [0.2, 0.25) is 0 Å². The van der Waals surface area contributed by atoms with Crippen LogP contribution in [0.1, 0.15) is 194 Å². The highest BCUT2D eigenvalue weighted by atomic mass is 16.5. The van der Waals surface area contributed by atoms with Crippen molar-refractivity contribution in [2.45, 2.75) is 200 Å². The van der Waals surface area contributed by atoms with Crippen LogP contribution in [0.2, 0.25) is 0 Å². The van der Waals surface area contributed by atoms with Crippen LogP contribution in [0.5, 0.6) is 0 Å². The van der Waals surface area contributed by atoms with E-state index in [9.17, 15) is 9.59 Å². The first-order valence-corrected chi connectivity index (χ1v) is 17.8. The number of esters is 1. The Morgan fingerprint density at radius 2 is 0.951 bits per heavy atom. The summed E-state index contributed by atoms with van der Waals surface area (Å²) in [5.41, 5.74) is 0.